The number of hydrogen-bond donors (Lipinski definition) is 1. The molecule has 6 nitrogen and oxygen atoms in total. The van der Waals surface area contributed by atoms with E-state index in [1.165, 1.54) is 15.9 Å². The first-order chi connectivity index (χ1) is 17.0. The molecule has 1 atom stereocenters. The number of nitrogens with two attached hydrogens (primary N) is 1. The summed E-state index contributed by atoms with van der Waals surface area (Å²) in [5, 5.41) is 10.2. The summed E-state index contributed by atoms with van der Waals surface area (Å²) in [6, 6.07) is 21.2. The molecule has 0 aliphatic carbocycles. The van der Waals surface area contributed by atoms with Gasteiger partial charge in [0.2, 0.25) is 0 Å². The van der Waals surface area contributed by atoms with Crippen LogP contribution < -0.4 is 20.5 Å². The van der Waals surface area contributed by atoms with Gasteiger partial charge in [-0.05, 0) is 30.0 Å². The number of rotatable bonds is 7. The zero-order valence-electron chi connectivity index (χ0n) is 19.9. The van der Waals surface area contributed by atoms with Crippen LogP contribution in [-0.4, -0.2) is 28.5 Å². The van der Waals surface area contributed by atoms with E-state index in [9.17, 15) is 14.9 Å². The molecule has 1 unspecified atom stereocenters. The second kappa shape index (κ2) is 10.6. The van der Waals surface area contributed by atoms with Crippen molar-refractivity contribution >= 4 is 34.7 Å². The van der Waals surface area contributed by atoms with Gasteiger partial charge in [0, 0.05) is 13.1 Å². The van der Waals surface area contributed by atoms with Crippen molar-refractivity contribution in [1.29, 1.82) is 5.26 Å². The number of aromatic nitrogens is 1. The van der Waals surface area contributed by atoms with E-state index in [0.717, 1.165) is 24.0 Å². The van der Waals surface area contributed by atoms with Crippen LogP contribution >= 0.6 is 11.3 Å². The predicted octanol–water partition coefficient (Wildman–Crippen LogP) is 2.99. The molecule has 4 rings (SSSR count). The summed E-state index contributed by atoms with van der Waals surface area (Å²) in [4.78, 5) is 29.4. The van der Waals surface area contributed by atoms with Gasteiger partial charge in [-0.1, -0.05) is 74.5 Å². The van der Waals surface area contributed by atoms with E-state index in [-0.39, 0.29) is 22.9 Å². The smallest absolute Gasteiger partial charge is 0.274 e. The van der Waals surface area contributed by atoms with Crippen LogP contribution in [0.5, 0.6) is 0 Å². The topological polar surface area (TPSA) is 92.1 Å². The standard InChI is InChI=1S/C28H28N4O2S/c1-3-15-31(16-4-2)27(34)24-23(20-13-9-6-10-14-20)21(18-29)25(30)32-26(33)22(35-28(24)32)17-19-11-7-5-8-12-19/h5-14,17,23H,3-4,15-16,30H2,1-2H3/b22-17+. The monoisotopic (exact) mass is 484 g/mol. The van der Waals surface area contributed by atoms with Crippen molar-refractivity contribution in [3.63, 3.8) is 0 Å². The average molecular weight is 485 g/mol. The van der Waals surface area contributed by atoms with Gasteiger partial charge in [0.05, 0.1) is 27.7 Å². The van der Waals surface area contributed by atoms with Crippen LogP contribution in [0.4, 0.5) is 0 Å². The number of carbonyl (C=O) groups excluding carboxylic acids is 1. The van der Waals surface area contributed by atoms with Gasteiger partial charge in [-0.25, -0.2) is 0 Å². The van der Waals surface area contributed by atoms with Gasteiger partial charge >= 0.3 is 0 Å². The predicted molar refractivity (Wildman–Crippen MR) is 141 cm³/mol. The number of thiazole rings is 1. The number of amides is 1. The van der Waals surface area contributed by atoms with Crippen LogP contribution in [0.25, 0.3) is 17.5 Å². The highest BCUT2D eigenvalue weighted by molar-refractivity contribution is 7.07. The maximum absolute atomic E-state index is 14.1. The minimum Gasteiger partial charge on any atom is -0.384 e. The molecule has 3 aromatic rings. The first-order valence-corrected chi connectivity index (χ1v) is 12.6. The molecule has 0 saturated carbocycles. The van der Waals surface area contributed by atoms with Crippen LogP contribution in [0.1, 0.15) is 43.7 Å². The maximum atomic E-state index is 14.1. The highest BCUT2D eigenvalue weighted by Crippen LogP contribution is 2.36. The molecule has 1 aliphatic heterocycles. The quantitative estimate of drug-likeness (QED) is 0.558. The van der Waals surface area contributed by atoms with Crippen molar-refractivity contribution < 1.29 is 4.79 Å². The van der Waals surface area contributed by atoms with Gasteiger partial charge < -0.3 is 10.6 Å². The van der Waals surface area contributed by atoms with Gasteiger partial charge in [-0.15, -0.1) is 11.3 Å². The highest BCUT2D eigenvalue weighted by atomic mass is 32.1. The third-order valence-corrected chi connectivity index (χ3v) is 7.11. The summed E-state index contributed by atoms with van der Waals surface area (Å²) in [6.45, 7) is 5.25. The number of nitriles is 1. The van der Waals surface area contributed by atoms with E-state index >= 15 is 0 Å². The Hall–Kier alpha value is -3.89. The largest absolute Gasteiger partial charge is 0.384 e. The molecule has 1 aliphatic rings. The maximum Gasteiger partial charge on any atom is 0.274 e. The lowest BCUT2D eigenvalue weighted by Gasteiger charge is -2.29. The van der Waals surface area contributed by atoms with E-state index in [1.54, 1.807) is 6.08 Å². The number of allylic oxidation sites excluding steroid dienone is 1. The van der Waals surface area contributed by atoms with E-state index in [1.807, 2.05) is 79.4 Å². The van der Waals surface area contributed by atoms with E-state index in [2.05, 4.69) is 6.07 Å². The van der Waals surface area contributed by atoms with Gasteiger partial charge in [0.15, 0.2) is 0 Å². The van der Waals surface area contributed by atoms with Crippen molar-refractivity contribution in [1.82, 2.24) is 9.47 Å². The third kappa shape index (κ3) is 4.58. The SMILES string of the molecule is CCCN(CCC)C(=O)C1=c2s/c(=C/c3ccccc3)c(=O)n2C(N)=C(C#N)C1c1ccccc1. The average Bonchev–Trinajstić information content (AvgIpc) is 3.20. The molecule has 2 aromatic carbocycles. The van der Waals surface area contributed by atoms with Crippen LogP contribution in [0, 0.1) is 11.3 Å². The number of carbonyl (C=O) groups is 1. The van der Waals surface area contributed by atoms with Crippen molar-refractivity contribution in [2.75, 3.05) is 13.1 Å². The van der Waals surface area contributed by atoms with Crippen LogP contribution in [0.15, 0.2) is 71.0 Å². The van der Waals surface area contributed by atoms with Gasteiger partial charge in [-0.3, -0.25) is 14.2 Å². The Balaban J connectivity index is 2.09. The second-order valence-electron chi connectivity index (χ2n) is 8.43. The highest BCUT2D eigenvalue weighted by Gasteiger charge is 2.37. The molecule has 1 aromatic heterocycles. The Bertz CT molecular complexity index is 1470. The molecule has 7 heteroatoms. The third-order valence-electron chi connectivity index (χ3n) is 6.00. The summed E-state index contributed by atoms with van der Waals surface area (Å²) in [5.41, 5.74) is 8.45. The number of nitrogens with zero attached hydrogens (tertiary/aromatic N) is 3. The number of hydrogen-bond acceptors (Lipinski definition) is 5. The summed E-state index contributed by atoms with van der Waals surface area (Å²) in [6.07, 6.45) is 3.41. The van der Waals surface area contributed by atoms with Crippen LogP contribution in [0.2, 0.25) is 0 Å². The van der Waals surface area contributed by atoms with Crippen molar-refractivity contribution in [2.45, 2.75) is 32.6 Å². The minimum absolute atomic E-state index is 0.0828. The molecule has 0 radical (unpaired) electrons. The van der Waals surface area contributed by atoms with Gasteiger partial charge in [-0.2, -0.15) is 5.26 Å². The van der Waals surface area contributed by atoms with E-state index in [0.29, 0.717) is 27.9 Å². The molecule has 0 spiro atoms. The summed E-state index contributed by atoms with van der Waals surface area (Å²) >= 11 is 1.25. The zero-order valence-corrected chi connectivity index (χ0v) is 20.7. The number of benzene rings is 2. The lowest BCUT2D eigenvalue weighted by Crippen LogP contribution is -2.43. The fourth-order valence-corrected chi connectivity index (χ4v) is 5.63. The Morgan fingerprint density at radius 1 is 1.09 bits per heavy atom. The van der Waals surface area contributed by atoms with E-state index < -0.39 is 5.92 Å². The molecule has 35 heavy (non-hydrogen) atoms. The molecule has 178 valence electrons. The Kier molecular flexibility index (Phi) is 7.33. The number of fused-ring (bicyclic) bond motifs is 1. The normalized spacial score (nSPS) is 15.6. The Morgan fingerprint density at radius 2 is 1.69 bits per heavy atom. The van der Waals surface area contributed by atoms with Crippen LogP contribution in [0.3, 0.4) is 0 Å². The van der Waals surface area contributed by atoms with E-state index in [4.69, 9.17) is 5.73 Å². The van der Waals surface area contributed by atoms with Gasteiger partial charge in [0.1, 0.15) is 10.5 Å². The van der Waals surface area contributed by atoms with Crippen LogP contribution in [-0.2, 0) is 4.79 Å². The second-order valence-corrected chi connectivity index (χ2v) is 9.46. The molecule has 0 saturated heterocycles. The first-order valence-electron chi connectivity index (χ1n) is 11.8. The fourth-order valence-electron chi connectivity index (χ4n) is 4.46. The lowest BCUT2D eigenvalue weighted by molar-refractivity contribution is -0.125. The summed E-state index contributed by atoms with van der Waals surface area (Å²) < 4.78 is 2.30. The fraction of sp³-hybridized carbons (Fsp3) is 0.250. The van der Waals surface area contributed by atoms with Crippen molar-refractivity contribution in [3.05, 3.63) is 96.9 Å². The summed E-state index contributed by atoms with van der Waals surface area (Å²) in [5.74, 6) is -0.726. The molecular formula is C28H28N4O2S. The Morgan fingerprint density at radius 3 is 2.26 bits per heavy atom. The Labute approximate surface area is 208 Å². The molecule has 0 bridgehead atoms. The van der Waals surface area contributed by atoms with Gasteiger partial charge in [0.25, 0.3) is 11.5 Å². The molecule has 2 heterocycles. The molecule has 1 amide bonds. The van der Waals surface area contributed by atoms with Crippen molar-refractivity contribution in [2.24, 2.45) is 5.73 Å². The molecule has 2 N–H and O–H groups in total. The first kappa shape index (κ1) is 24.2. The lowest BCUT2D eigenvalue weighted by atomic mass is 9.83. The van der Waals surface area contributed by atoms with Crippen molar-refractivity contribution in [3.8, 4) is 6.07 Å². The minimum atomic E-state index is -0.646. The molecule has 0 fully saturated rings. The summed E-state index contributed by atoms with van der Waals surface area (Å²) in [7, 11) is 0. The zero-order chi connectivity index (χ0) is 24.9. The molecular weight excluding hydrogens is 456 g/mol.